The quantitative estimate of drug-likeness (QED) is 0.602. The fraction of sp³-hybridized carbons (Fsp3) is 0.125. The van der Waals surface area contributed by atoms with Gasteiger partial charge in [-0.25, -0.2) is 13.4 Å². The van der Waals surface area contributed by atoms with Gasteiger partial charge in [0.2, 0.25) is 0 Å². The number of ether oxygens (including phenoxy) is 2. The molecule has 142 valence electrons. The zero-order chi connectivity index (χ0) is 19.4. The van der Waals surface area contributed by atoms with E-state index in [1.807, 2.05) is 0 Å². The molecule has 0 bridgehead atoms. The molecule has 0 atom stereocenters. The van der Waals surface area contributed by atoms with E-state index in [1.165, 1.54) is 25.7 Å². The second-order valence-electron chi connectivity index (χ2n) is 5.10. The van der Waals surface area contributed by atoms with Gasteiger partial charge in [-0.05, 0) is 23.6 Å². The maximum atomic E-state index is 12.4. The van der Waals surface area contributed by atoms with Crippen LogP contribution < -0.4 is 19.5 Å². The molecule has 0 saturated heterocycles. The Morgan fingerprint density at radius 2 is 1.89 bits per heavy atom. The standard InChI is InChI=1S/C16H15N3O5S3/c1-23-12-6-5-10(8-13(12)24-2)17-15(20)11-9-26-16(18-11)19-27(21,22)14-4-3-7-25-14/h3-9H,1-2H3,(H,17,20)(H,18,19). The molecule has 1 amide bonds. The first-order valence-corrected chi connectivity index (χ1v) is 10.7. The summed E-state index contributed by atoms with van der Waals surface area (Å²) >= 11 is 2.12. The first-order chi connectivity index (χ1) is 12.9. The third-order valence-corrected chi connectivity index (χ3v) is 6.98. The predicted molar refractivity (Wildman–Crippen MR) is 105 cm³/mol. The van der Waals surface area contributed by atoms with Gasteiger partial charge >= 0.3 is 0 Å². The molecule has 0 spiro atoms. The number of amides is 1. The molecular weight excluding hydrogens is 410 g/mol. The summed E-state index contributed by atoms with van der Waals surface area (Å²) in [5, 5.41) is 5.93. The van der Waals surface area contributed by atoms with Crippen LogP contribution in [0.3, 0.4) is 0 Å². The number of carbonyl (C=O) groups excluding carboxylic acids is 1. The molecule has 0 aliphatic heterocycles. The number of aromatic nitrogens is 1. The largest absolute Gasteiger partial charge is 0.493 e. The molecule has 27 heavy (non-hydrogen) atoms. The minimum atomic E-state index is -3.70. The Morgan fingerprint density at radius 3 is 2.56 bits per heavy atom. The fourth-order valence-corrected chi connectivity index (χ4v) is 5.05. The van der Waals surface area contributed by atoms with Crippen LogP contribution in [-0.4, -0.2) is 33.5 Å². The Hall–Kier alpha value is -2.63. The average Bonchev–Trinajstić information content (AvgIpc) is 3.33. The summed E-state index contributed by atoms with van der Waals surface area (Å²) in [6.07, 6.45) is 0. The second kappa shape index (κ2) is 7.94. The monoisotopic (exact) mass is 425 g/mol. The number of nitrogens with zero attached hydrogens (tertiary/aromatic N) is 1. The normalized spacial score (nSPS) is 11.0. The number of sulfonamides is 1. The lowest BCUT2D eigenvalue weighted by atomic mass is 10.2. The molecule has 2 N–H and O–H groups in total. The molecule has 3 rings (SSSR count). The van der Waals surface area contributed by atoms with Crippen molar-refractivity contribution >= 4 is 49.4 Å². The van der Waals surface area contributed by atoms with E-state index in [-0.39, 0.29) is 15.0 Å². The van der Waals surface area contributed by atoms with Crippen molar-refractivity contribution in [2.24, 2.45) is 0 Å². The summed E-state index contributed by atoms with van der Waals surface area (Å²) in [7, 11) is -0.690. The summed E-state index contributed by atoms with van der Waals surface area (Å²) in [6.45, 7) is 0. The highest BCUT2D eigenvalue weighted by molar-refractivity contribution is 7.94. The van der Waals surface area contributed by atoms with E-state index in [9.17, 15) is 13.2 Å². The van der Waals surface area contributed by atoms with Gasteiger partial charge in [0, 0.05) is 17.1 Å². The number of thiazole rings is 1. The van der Waals surface area contributed by atoms with E-state index < -0.39 is 15.9 Å². The summed E-state index contributed by atoms with van der Waals surface area (Å²) < 4.78 is 37.3. The Labute approximate surface area is 163 Å². The van der Waals surface area contributed by atoms with Crippen LogP contribution in [0.25, 0.3) is 0 Å². The van der Waals surface area contributed by atoms with Gasteiger partial charge in [-0.2, -0.15) is 0 Å². The molecule has 0 unspecified atom stereocenters. The van der Waals surface area contributed by atoms with E-state index >= 15 is 0 Å². The third kappa shape index (κ3) is 4.38. The van der Waals surface area contributed by atoms with Crippen LogP contribution in [0.4, 0.5) is 10.8 Å². The van der Waals surface area contributed by atoms with Gasteiger partial charge in [-0.1, -0.05) is 6.07 Å². The van der Waals surface area contributed by atoms with Gasteiger partial charge in [0.25, 0.3) is 15.9 Å². The number of carbonyl (C=O) groups is 1. The summed E-state index contributed by atoms with van der Waals surface area (Å²) in [5.41, 5.74) is 0.588. The smallest absolute Gasteiger partial charge is 0.275 e. The molecule has 0 saturated carbocycles. The first-order valence-electron chi connectivity index (χ1n) is 7.48. The summed E-state index contributed by atoms with van der Waals surface area (Å²) in [5.74, 6) is 0.535. The van der Waals surface area contributed by atoms with Gasteiger partial charge in [-0.15, -0.1) is 22.7 Å². The van der Waals surface area contributed by atoms with Crippen molar-refractivity contribution in [1.29, 1.82) is 0 Å². The SMILES string of the molecule is COc1ccc(NC(=O)c2csc(NS(=O)(=O)c3cccs3)n2)cc1OC. The third-order valence-electron chi connectivity index (χ3n) is 3.36. The first kappa shape index (κ1) is 19.1. The van der Waals surface area contributed by atoms with Gasteiger partial charge in [-0.3, -0.25) is 9.52 Å². The number of anilines is 2. The van der Waals surface area contributed by atoms with Crippen LogP contribution in [0.5, 0.6) is 11.5 Å². The number of hydrogen-bond acceptors (Lipinski definition) is 8. The van der Waals surface area contributed by atoms with Crippen molar-refractivity contribution in [1.82, 2.24) is 4.98 Å². The van der Waals surface area contributed by atoms with Crippen molar-refractivity contribution in [2.45, 2.75) is 4.21 Å². The van der Waals surface area contributed by atoms with Crippen molar-refractivity contribution in [2.75, 3.05) is 24.3 Å². The second-order valence-corrected chi connectivity index (χ2v) is 8.81. The van der Waals surface area contributed by atoms with Crippen LogP contribution in [0.1, 0.15) is 10.5 Å². The number of nitrogens with one attached hydrogen (secondary N) is 2. The zero-order valence-corrected chi connectivity index (χ0v) is 16.7. The topological polar surface area (TPSA) is 107 Å². The van der Waals surface area contributed by atoms with E-state index in [0.717, 1.165) is 22.7 Å². The highest BCUT2D eigenvalue weighted by Crippen LogP contribution is 2.30. The summed E-state index contributed by atoms with van der Waals surface area (Å²) in [4.78, 5) is 16.4. The number of hydrogen-bond donors (Lipinski definition) is 2. The molecule has 2 aromatic heterocycles. The van der Waals surface area contributed by atoms with E-state index in [0.29, 0.717) is 17.2 Å². The molecule has 8 nitrogen and oxygen atoms in total. The van der Waals surface area contributed by atoms with E-state index in [4.69, 9.17) is 9.47 Å². The lowest BCUT2D eigenvalue weighted by molar-refractivity contribution is 0.102. The van der Waals surface area contributed by atoms with Crippen molar-refractivity contribution in [3.8, 4) is 11.5 Å². The molecule has 0 radical (unpaired) electrons. The highest BCUT2D eigenvalue weighted by atomic mass is 32.2. The lowest BCUT2D eigenvalue weighted by Crippen LogP contribution is -2.14. The highest BCUT2D eigenvalue weighted by Gasteiger charge is 2.19. The summed E-state index contributed by atoms with van der Waals surface area (Å²) in [6, 6.07) is 8.07. The van der Waals surface area contributed by atoms with Gasteiger partial charge in [0.05, 0.1) is 14.2 Å². The molecule has 0 fully saturated rings. The van der Waals surface area contributed by atoms with Crippen LogP contribution in [-0.2, 0) is 10.0 Å². The van der Waals surface area contributed by atoms with Crippen molar-refractivity contribution < 1.29 is 22.7 Å². The molecule has 0 aliphatic rings. The van der Waals surface area contributed by atoms with Gasteiger partial charge in [0.15, 0.2) is 16.6 Å². The maximum Gasteiger partial charge on any atom is 0.275 e. The molecule has 2 heterocycles. The fourth-order valence-electron chi connectivity index (χ4n) is 2.12. The predicted octanol–water partition coefficient (Wildman–Crippen LogP) is 3.27. The zero-order valence-electron chi connectivity index (χ0n) is 14.3. The molecule has 3 aromatic rings. The van der Waals surface area contributed by atoms with Crippen LogP contribution >= 0.6 is 22.7 Å². The van der Waals surface area contributed by atoms with Gasteiger partial charge < -0.3 is 14.8 Å². The van der Waals surface area contributed by atoms with E-state index in [2.05, 4.69) is 15.0 Å². The minimum absolute atomic E-state index is 0.0960. The maximum absolute atomic E-state index is 12.4. The Morgan fingerprint density at radius 1 is 1.11 bits per heavy atom. The average molecular weight is 426 g/mol. The molecule has 1 aromatic carbocycles. The lowest BCUT2D eigenvalue weighted by Gasteiger charge is -2.10. The van der Waals surface area contributed by atoms with Crippen molar-refractivity contribution in [3.05, 3.63) is 46.8 Å². The number of methoxy groups -OCH3 is 2. The number of rotatable bonds is 7. The minimum Gasteiger partial charge on any atom is -0.493 e. The molecule has 0 aliphatic carbocycles. The number of thiophene rings is 1. The Balaban J connectivity index is 1.72. The Bertz CT molecular complexity index is 1050. The van der Waals surface area contributed by atoms with Crippen LogP contribution in [0.15, 0.2) is 45.3 Å². The van der Waals surface area contributed by atoms with E-state index in [1.54, 1.807) is 29.6 Å². The molecular formula is C16H15N3O5S3. The van der Waals surface area contributed by atoms with Crippen LogP contribution in [0.2, 0.25) is 0 Å². The van der Waals surface area contributed by atoms with Crippen molar-refractivity contribution in [3.63, 3.8) is 0 Å². The Kier molecular flexibility index (Phi) is 5.63. The molecule has 11 heteroatoms. The number of benzene rings is 1. The van der Waals surface area contributed by atoms with Crippen LogP contribution in [0, 0.1) is 0 Å². The van der Waals surface area contributed by atoms with Gasteiger partial charge in [0.1, 0.15) is 9.90 Å².